The molecule has 0 saturated heterocycles. The first-order chi connectivity index (χ1) is 10.3. The zero-order valence-corrected chi connectivity index (χ0v) is 13.9. The summed E-state index contributed by atoms with van der Waals surface area (Å²) >= 11 is 0. The van der Waals surface area contributed by atoms with E-state index in [1.165, 1.54) is 6.26 Å². The summed E-state index contributed by atoms with van der Waals surface area (Å²) < 4.78 is 29.6. The molecule has 0 aliphatic carbocycles. The quantitative estimate of drug-likeness (QED) is 0.785. The average molecular weight is 326 g/mol. The molecule has 0 fully saturated rings. The predicted molar refractivity (Wildman–Crippen MR) is 85.4 cm³/mol. The molecule has 7 heteroatoms. The van der Waals surface area contributed by atoms with Gasteiger partial charge >= 0.3 is 0 Å². The van der Waals surface area contributed by atoms with E-state index in [9.17, 15) is 13.5 Å². The third-order valence-corrected chi connectivity index (χ3v) is 4.41. The van der Waals surface area contributed by atoms with E-state index in [1.807, 2.05) is 29.7 Å². The molecule has 0 bridgehead atoms. The number of hydrogen-bond donors (Lipinski definition) is 1. The van der Waals surface area contributed by atoms with Crippen LogP contribution in [-0.4, -0.2) is 41.7 Å². The maximum Gasteiger partial charge on any atom is 0.214 e. The fraction of sp³-hybridized carbons (Fsp3) is 0.533. The number of hydrogen-bond acceptors (Lipinski definition) is 5. The summed E-state index contributed by atoms with van der Waals surface area (Å²) in [5.74, 6) is 0.513. The molecular formula is C15H22N2O4S. The van der Waals surface area contributed by atoms with Crippen molar-refractivity contribution in [2.45, 2.75) is 33.1 Å². The number of aliphatic hydroxyl groups excluding tert-OH is 1. The zero-order valence-electron chi connectivity index (χ0n) is 13.1. The van der Waals surface area contributed by atoms with Gasteiger partial charge in [-0.3, -0.25) is 0 Å². The number of aromatic nitrogens is 2. The van der Waals surface area contributed by atoms with Crippen molar-refractivity contribution >= 4 is 20.9 Å². The molecule has 122 valence electrons. The lowest BCUT2D eigenvalue weighted by molar-refractivity contribution is -0.105. The van der Waals surface area contributed by atoms with Gasteiger partial charge < -0.3 is 14.4 Å². The normalized spacial score (nSPS) is 13.6. The first-order valence-corrected chi connectivity index (χ1v) is 9.32. The van der Waals surface area contributed by atoms with E-state index in [4.69, 9.17) is 4.74 Å². The van der Waals surface area contributed by atoms with E-state index in [2.05, 4.69) is 4.98 Å². The van der Waals surface area contributed by atoms with Gasteiger partial charge in [-0.15, -0.1) is 0 Å². The number of rotatable bonds is 7. The van der Waals surface area contributed by atoms with Crippen LogP contribution in [0.2, 0.25) is 0 Å². The van der Waals surface area contributed by atoms with Gasteiger partial charge in [-0.2, -0.15) is 0 Å². The van der Waals surface area contributed by atoms with Crippen LogP contribution in [0.25, 0.3) is 11.0 Å². The van der Waals surface area contributed by atoms with Crippen molar-refractivity contribution < 1.29 is 18.3 Å². The largest absolute Gasteiger partial charge is 0.362 e. The van der Waals surface area contributed by atoms with E-state index >= 15 is 0 Å². The van der Waals surface area contributed by atoms with E-state index in [0.717, 1.165) is 16.6 Å². The molecule has 1 aromatic heterocycles. The van der Waals surface area contributed by atoms with Gasteiger partial charge in [-0.25, -0.2) is 13.4 Å². The van der Waals surface area contributed by atoms with E-state index < -0.39 is 16.1 Å². The maximum absolute atomic E-state index is 11.3. The maximum atomic E-state index is 11.3. The van der Waals surface area contributed by atoms with Crippen LogP contribution in [0.3, 0.4) is 0 Å². The van der Waals surface area contributed by atoms with Gasteiger partial charge in [0.15, 0.2) is 5.82 Å². The third-order valence-electron chi connectivity index (χ3n) is 3.38. The van der Waals surface area contributed by atoms with Crippen molar-refractivity contribution in [3.63, 3.8) is 0 Å². The van der Waals surface area contributed by atoms with Gasteiger partial charge in [0.05, 0.1) is 16.8 Å². The third kappa shape index (κ3) is 4.06. The van der Waals surface area contributed by atoms with Crippen LogP contribution in [0, 0.1) is 6.92 Å². The minimum Gasteiger partial charge on any atom is -0.362 e. The van der Waals surface area contributed by atoms with Crippen molar-refractivity contribution in [2.24, 2.45) is 0 Å². The van der Waals surface area contributed by atoms with Crippen LogP contribution in [0.1, 0.15) is 31.0 Å². The number of ether oxygens (including phenoxy) is 1. The van der Waals surface area contributed by atoms with Crippen LogP contribution in [0.4, 0.5) is 0 Å². The molecule has 1 heterocycles. The van der Waals surface area contributed by atoms with Crippen LogP contribution >= 0.6 is 0 Å². The minimum absolute atomic E-state index is 0.0999. The number of nitrogens with zero attached hydrogens (tertiary/aromatic N) is 2. The van der Waals surface area contributed by atoms with E-state index in [1.54, 1.807) is 6.92 Å². The highest BCUT2D eigenvalue weighted by molar-refractivity contribution is 7.90. The number of aryl methyl sites for hydroxylation is 2. The molecule has 0 amide bonds. The van der Waals surface area contributed by atoms with Crippen molar-refractivity contribution in [3.8, 4) is 0 Å². The molecule has 2 rings (SSSR count). The lowest BCUT2D eigenvalue weighted by atomic mass is 10.2. The zero-order chi connectivity index (χ0) is 16.3. The Morgan fingerprint density at radius 3 is 2.77 bits per heavy atom. The lowest BCUT2D eigenvalue weighted by Crippen LogP contribution is -2.14. The standard InChI is InChI=1S/C15H22N2O4S/c1-4-21-15(18)14-16-12-10-11(2)6-7-13(12)17(14)8-5-9-22(3,19)20/h6-7,10,15,18H,4-5,8-9H2,1-3H3. The highest BCUT2D eigenvalue weighted by Crippen LogP contribution is 2.23. The molecule has 22 heavy (non-hydrogen) atoms. The number of imidazole rings is 1. The van der Waals surface area contributed by atoms with Crippen molar-refractivity contribution in [1.29, 1.82) is 0 Å². The molecule has 0 spiro atoms. The predicted octanol–water partition coefficient (Wildman–Crippen LogP) is 1.81. The number of aliphatic hydroxyl groups is 1. The molecule has 0 saturated carbocycles. The average Bonchev–Trinajstić information content (AvgIpc) is 2.76. The molecule has 0 radical (unpaired) electrons. The van der Waals surface area contributed by atoms with Crippen molar-refractivity contribution in [3.05, 3.63) is 29.6 Å². The monoisotopic (exact) mass is 326 g/mol. The topological polar surface area (TPSA) is 81.4 Å². The van der Waals surface area contributed by atoms with Crippen LogP contribution in [-0.2, 0) is 21.1 Å². The lowest BCUT2D eigenvalue weighted by Gasteiger charge is -2.13. The molecule has 1 unspecified atom stereocenters. The summed E-state index contributed by atoms with van der Waals surface area (Å²) in [7, 11) is -3.01. The molecule has 1 aromatic carbocycles. The second-order valence-corrected chi connectivity index (χ2v) is 7.66. The van der Waals surface area contributed by atoms with Gasteiger partial charge in [0, 0.05) is 19.4 Å². The summed E-state index contributed by atoms with van der Waals surface area (Å²) in [5, 5.41) is 10.1. The highest BCUT2D eigenvalue weighted by atomic mass is 32.2. The first kappa shape index (κ1) is 16.9. The summed E-state index contributed by atoms with van der Waals surface area (Å²) in [6, 6.07) is 5.83. The number of sulfone groups is 1. The molecule has 1 N–H and O–H groups in total. The second kappa shape index (κ2) is 6.76. The van der Waals surface area contributed by atoms with Gasteiger partial charge in [0.2, 0.25) is 6.29 Å². The SMILES string of the molecule is CCOC(O)c1nc2cc(C)ccc2n1CCCS(C)(=O)=O. The number of benzene rings is 1. The molecule has 0 aliphatic rings. The van der Waals surface area contributed by atoms with Gasteiger partial charge in [0.1, 0.15) is 9.84 Å². The fourth-order valence-corrected chi connectivity index (χ4v) is 3.05. The summed E-state index contributed by atoms with van der Waals surface area (Å²) in [5.41, 5.74) is 2.71. The van der Waals surface area contributed by atoms with Crippen molar-refractivity contribution in [2.75, 3.05) is 18.6 Å². The van der Waals surface area contributed by atoms with Crippen LogP contribution in [0.5, 0.6) is 0 Å². The van der Waals surface area contributed by atoms with E-state index in [0.29, 0.717) is 25.4 Å². The van der Waals surface area contributed by atoms with Crippen molar-refractivity contribution in [1.82, 2.24) is 9.55 Å². The van der Waals surface area contributed by atoms with Gasteiger partial charge in [-0.1, -0.05) is 6.07 Å². The Hall–Kier alpha value is -1.44. The Morgan fingerprint density at radius 2 is 2.14 bits per heavy atom. The molecule has 0 aliphatic heterocycles. The van der Waals surface area contributed by atoms with Gasteiger partial charge in [-0.05, 0) is 38.0 Å². The second-order valence-electron chi connectivity index (χ2n) is 5.40. The molecular weight excluding hydrogens is 304 g/mol. The summed E-state index contributed by atoms with van der Waals surface area (Å²) in [4.78, 5) is 4.45. The van der Waals surface area contributed by atoms with Crippen LogP contribution in [0.15, 0.2) is 18.2 Å². The Bertz CT molecular complexity index is 752. The van der Waals surface area contributed by atoms with Crippen LogP contribution < -0.4 is 0 Å². The minimum atomic E-state index is -3.01. The Morgan fingerprint density at radius 1 is 1.41 bits per heavy atom. The van der Waals surface area contributed by atoms with E-state index in [-0.39, 0.29) is 5.75 Å². The number of fused-ring (bicyclic) bond motifs is 1. The summed E-state index contributed by atoms with van der Waals surface area (Å²) in [6.45, 7) is 4.60. The highest BCUT2D eigenvalue weighted by Gasteiger charge is 2.18. The van der Waals surface area contributed by atoms with Gasteiger partial charge in [0.25, 0.3) is 0 Å². The first-order valence-electron chi connectivity index (χ1n) is 7.26. The Kier molecular flexibility index (Phi) is 5.20. The molecule has 2 aromatic rings. The summed E-state index contributed by atoms with van der Waals surface area (Å²) in [6.07, 6.45) is 0.568. The Balaban J connectivity index is 2.36. The Labute approximate surface area is 130 Å². The smallest absolute Gasteiger partial charge is 0.214 e. The molecule has 6 nitrogen and oxygen atoms in total. The molecule has 1 atom stereocenters. The fourth-order valence-electron chi connectivity index (χ4n) is 2.40.